The van der Waals surface area contributed by atoms with Crippen LogP contribution < -0.4 is 5.32 Å². The largest absolute Gasteiger partial charge is 0.341 e. The Kier molecular flexibility index (Phi) is 6.24. The van der Waals surface area contributed by atoms with E-state index in [4.69, 9.17) is 0 Å². The zero-order chi connectivity index (χ0) is 15.1. The Morgan fingerprint density at radius 3 is 2.81 bits per heavy atom. The summed E-state index contributed by atoms with van der Waals surface area (Å²) in [6.07, 6.45) is 5.19. The Hall–Kier alpha value is -1.35. The van der Waals surface area contributed by atoms with E-state index in [1.165, 1.54) is 17.5 Å². The second kappa shape index (κ2) is 8.18. The van der Waals surface area contributed by atoms with Gasteiger partial charge in [-0.05, 0) is 43.9 Å². The fraction of sp³-hybridized carbons (Fsp3) is 0.611. The van der Waals surface area contributed by atoms with Gasteiger partial charge < -0.3 is 10.2 Å². The lowest BCUT2D eigenvalue weighted by atomic mass is 10.0. The number of carbonyl (C=O) groups excluding carboxylic acids is 1. The van der Waals surface area contributed by atoms with Crippen molar-refractivity contribution in [2.75, 3.05) is 19.6 Å². The van der Waals surface area contributed by atoms with Crippen LogP contribution in [0.3, 0.4) is 0 Å². The number of aryl methyl sites for hydroxylation is 1. The third kappa shape index (κ3) is 4.57. The van der Waals surface area contributed by atoms with E-state index >= 15 is 0 Å². The van der Waals surface area contributed by atoms with E-state index in [1.54, 1.807) is 0 Å². The minimum atomic E-state index is 0.244. The highest BCUT2D eigenvalue weighted by molar-refractivity contribution is 5.76. The number of hydrogen-bond acceptors (Lipinski definition) is 2. The molecule has 1 N–H and O–H groups in total. The first-order chi connectivity index (χ1) is 10.2. The van der Waals surface area contributed by atoms with Crippen LogP contribution in [0.5, 0.6) is 0 Å². The van der Waals surface area contributed by atoms with Gasteiger partial charge in [-0.25, -0.2) is 0 Å². The Bertz CT molecular complexity index is 458. The van der Waals surface area contributed by atoms with Gasteiger partial charge in [0.15, 0.2) is 0 Å². The van der Waals surface area contributed by atoms with E-state index in [0.717, 1.165) is 38.9 Å². The van der Waals surface area contributed by atoms with Gasteiger partial charge in [0.05, 0.1) is 6.04 Å². The monoisotopic (exact) mass is 288 g/mol. The van der Waals surface area contributed by atoms with E-state index < -0.39 is 0 Å². The predicted octanol–water partition coefficient (Wildman–Crippen LogP) is 3.44. The number of likely N-dealkylation sites (tertiary alicyclic amines) is 1. The topological polar surface area (TPSA) is 32.3 Å². The van der Waals surface area contributed by atoms with Gasteiger partial charge in [0.1, 0.15) is 0 Å². The molecule has 1 amide bonds. The lowest BCUT2D eigenvalue weighted by Gasteiger charge is -2.28. The highest BCUT2D eigenvalue weighted by atomic mass is 16.2. The van der Waals surface area contributed by atoms with Gasteiger partial charge in [-0.15, -0.1) is 0 Å². The molecule has 0 spiro atoms. The Balaban J connectivity index is 2.12. The molecule has 0 radical (unpaired) electrons. The molecule has 1 heterocycles. The summed E-state index contributed by atoms with van der Waals surface area (Å²) in [7, 11) is 0. The van der Waals surface area contributed by atoms with Crippen molar-refractivity contribution < 1.29 is 4.79 Å². The van der Waals surface area contributed by atoms with Gasteiger partial charge in [-0.1, -0.05) is 37.6 Å². The maximum Gasteiger partial charge on any atom is 0.222 e. The summed E-state index contributed by atoms with van der Waals surface area (Å²) in [6.45, 7) is 7.03. The second-order valence-corrected chi connectivity index (χ2v) is 6.01. The predicted molar refractivity (Wildman–Crippen MR) is 87.3 cm³/mol. The Morgan fingerprint density at radius 2 is 2.05 bits per heavy atom. The maximum atomic E-state index is 12.2. The van der Waals surface area contributed by atoms with Crippen LogP contribution in [0.4, 0.5) is 0 Å². The third-order valence-electron chi connectivity index (χ3n) is 4.28. The highest BCUT2D eigenvalue weighted by Crippen LogP contribution is 2.21. The van der Waals surface area contributed by atoms with Crippen LogP contribution in [0.15, 0.2) is 24.3 Å². The van der Waals surface area contributed by atoms with E-state index in [2.05, 4.69) is 48.3 Å². The summed E-state index contributed by atoms with van der Waals surface area (Å²) in [5.74, 6) is 0.324. The van der Waals surface area contributed by atoms with Crippen LogP contribution in [0.1, 0.15) is 56.2 Å². The maximum absolute atomic E-state index is 12.2. The number of carbonyl (C=O) groups is 1. The molecule has 21 heavy (non-hydrogen) atoms. The van der Waals surface area contributed by atoms with Crippen molar-refractivity contribution in [1.82, 2.24) is 10.2 Å². The number of amides is 1. The van der Waals surface area contributed by atoms with Crippen molar-refractivity contribution in [3.63, 3.8) is 0 Å². The number of nitrogens with one attached hydrogen (secondary N) is 1. The van der Waals surface area contributed by atoms with E-state index in [0.29, 0.717) is 12.3 Å². The second-order valence-electron chi connectivity index (χ2n) is 6.01. The van der Waals surface area contributed by atoms with Crippen molar-refractivity contribution in [3.05, 3.63) is 35.4 Å². The van der Waals surface area contributed by atoms with Crippen LogP contribution in [0.25, 0.3) is 0 Å². The minimum absolute atomic E-state index is 0.244. The molecular weight excluding hydrogens is 260 g/mol. The lowest BCUT2D eigenvalue weighted by molar-refractivity contribution is -0.131. The molecule has 3 heteroatoms. The SMILES string of the molecule is CCCNC(CN1CCCCCC1=O)c1ccccc1C. The quantitative estimate of drug-likeness (QED) is 0.869. The van der Waals surface area contributed by atoms with Crippen LogP contribution in [-0.4, -0.2) is 30.4 Å². The number of nitrogens with zero attached hydrogens (tertiary/aromatic N) is 1. The molecule has 0 saturated carbocycles. The lowest BCUT2D eigenvalue weighted by Crippen LogP contribution is -2.39. The van der Waals surface area contributed by atoms with E-state index in [1.807, 2.05) is 0 Å². The van der Waals surface area contributed by atoms with Crippen molar-refractivity contribution in [2.45, 2.75) is 52.0 Å². The smallest absolute Gasteiger partial charge is 0.222 e. The first-order valence-electron chi connectivity index (χ1n) is 8.29. The normalized spacial score (nSPS) is 17.6. The van der Waals surface area contributed by atoms with Gasteiger partial charge in [-0.2, -0.15) is 0 Å². The number of rotatable bonds is 6. The summed E-state index contributed by atoms with van der Waals surface area (Å²) >= 11 is 0. The fourth-order valence-corrected chi connectivity index (χ4v) is 3.02. The van der Waals surface area contributed by atoms with Crippen LogP contribution in [0.2, 0.25) is 0 Å². The molecule has 1 saturated heterocycles. The van der Waals surface area contributed by atoms with Gasteiger partial charge >= 0.3 is 0 Å². The molecule has 1 atom stereocenters. The fourth-order valence-electron chi connectivity index (χ4n) is 3.02. The van der Waals surface area contributed by atoms with Crippen LogP contribution >= 0.6 is 0 Å². The Labute approximate surface area is 128 Å². The zero-order valence-electron chi connectivity index (χ0n) is 13.4. The first kappa shape index (κ1) is 16.0. The van der Waals surface area contributed by atoms with E-state index in [-0.39, 0.29) is 6.04 Å². The average Bonchev–Trinajstić information content (AvgIpc) is 2.69. The summed E-state index contributed by atoms with van der Waals surface area (Å²) < 4.78 is 0. The van der Waals surface area contributed by atoms with E-state index in [9.17, 15) is 4.79 Å². The number of hydrogen-bond donors (Lipinski definition) is 1. The van der Waals surface area contributed by atoms with Crippen LogP contribution in [-0.2, 0) is 4.79 Å². The Morgan fingerprint density at radius 1 is 1.24 bits per heavy atom. The van der Waals surface area contributed by atoms with Crippen molar-refractivity contribution in [3.8, 4) is 0 Å². The molecule has 3 nitrogen and oxygen atoms in total. The number of benzene rings is 1. The summed E-state index contributed by atoms with van der Waals surface area (Å²) in [5.41, 5.74) is 2.62. The molecule has 1 aliphatic heterocycles. The van der Waals surface area contributed by atoms with Crippen molar-refractivity contribution in [2.24, 2.45) is 0 Å². The van der Waals surface area contributed by atoms with Gasteiger partial charge in [0.2, 0.25) is 5.91 Å². The molecule has 1 unspecified atom stereocenters. The summed E-state index contributed by atoms with van der Waals surface area (Å²) in [6, 6.07) is 8.75. The summed E-state index contributed by atoms with van der Waals surface area (Å²) in [5, 5.41) is 3.62. The molecule has 0 aromatic heterocycles. The molecule has 116 valence electrons. The van der Waals surface area contributed by atoms with Crippen molar-refractivity contribution in [1.29, 1.82) is 0 Å². The average molecular weight is 288 g/mol. The van der Waals surface area contributed by atoms with Gasteiger partial charge in [-0.3, -0.25) is 4.79 Å². The molecular formula is C18H28N2O. The first-order valence-corrected chi connectivity index (χ1v) is 8.29. The molecule has 2 rings (SSSR count). The van der Waals surface area contributed by atoms with Gasteiger partial charge in [0, 0.05) is 19.5 Å². The highest BCUT2D eigenvalue weighted by Gasteiger charge is 2.22. The molecule has 1 aliphatic rings. The molecule has 0 bridgehead atoms. The standard InChI is InChI=1S/C18H28N2O/c1-3-12-19-17(16-10-7-6-9-15(16)2)14-20-13-8-4-5-11-18(20)21/h6-7,9-10,17,19H,3-5,8,11-14H2,1-2H3. The zero-order valence-corrected chi connectivity index (χ0v) is 13.4. The van der Waals surface area contributed by atoms with Crippen molar-refractivity contribution >= 4 is 5.91 Å². The minimum Gasteiger partial charge on any atom is -0.341 e. The molecule has 1 aromatic carbocycles. The van der Waals surface area contributed by atoms with Gasteiger partial charge in [0.25, 0.3) is 0 Å². The molecule has 1 fully saturated rings. The van der Waals surface area contributed by atoms with Crippen LogP contribution in [0, 0.1) is 6.92 Å². The molecule has 1 aromatic rings. The molecule has 0 aliphatic carbocycles. The third-order valence-corrected chi connectivity index (χ3v) is 4.28. The summed E-state index contributed by atoms with van der Waals surface area (Å²) in [4.78, 5) is 14.3.